The number of nitrogens with one attached hydrogen (secondary N) is 1. The fraction of sp³-hybridized carbons (Fsp3) is 0.333. The van der Waals surface area contributed by atoms with E-state index in [1.54, 1.807) is 37.3 Å². The number of para-hydroxylation sites is 1. The molecule has 2 amide bonds. The summed E-state index contributed by atoms with van der Waals surface area (Å²) in [5, 5.41) is 3.46. The molecule has 0 aliphatic carbocycles. The average molecular weight is 623 g/mol. The van der Waals surface area contributed by atoms with Gasteiger partial charge in [-0.25, -0.2) is 12.8 Å². The molecule has 0 spiro atoms. The predicted octanol–water partition coefficient (Wildman–Crippen LogP) is 6.36. The molecule has 0 saturated heterocycles. The monoisotopic (exact) mass is 621 g/mol. The van der Waals surface area contributed by atoms with Crippen LogP contribution in [0.15, 0.2) is 71.6 Å². The van der Waals surface area contributed by atoms with Gasteiger partial charge in [0.25, 0.3) is 10.0 Å². The minimum absolute atomic E-state index is 0.110. The second kappa shape index (κ2) is 14.2. The van der Waals surface area contributed by atoms with Crippen LogP contribution in [0.4, 0.5) is 10.1 Å². The summed E-state index contributed by atoms with van der Waals surface area (Å²) in [5.74, 6) is -1.96. The van der Waals surface area contributed by atoms with Gasteiger partial charge in [-0.1, -0.05) is 72.9 Å². The maximum Gasteiger partial charge on any atom is 0.264 e. The smallest absolute Gasteiger partial charge is 0.264 e. The Kier molecular flexibility index (Phi) is 11.2. The first-order valence-corrected chi connectivity index (χ1v) is 15.5. The fourth-order valence-electron chi connectivity index (χ4n) is 4.22. The number of carbonyl (C=O) groups excluding carboxylic acids is 2. The lowest BCUT2D eigenvalue weighted by atomic mass is 10.1. The Hall–Kier alpha value is -3.14. The summed E-state index contributed by atoms with van der Waals surface area (Å²) in [4.78, 5) is 28.6. The molecule has 0 aromatic heterocycles. The second-order valence-corrected chi connectivity index (χ2v) is 12.4. The highest BCUT2D eigenvalue weighted by Gasteiger charge is 2.35. The summed E-state index contributed by atoms with van der Waals surface area (Å²) in [6.45, 7) is 6.37. The number of anilines is 1. The molecule has 3 rings (SSSR count). The molecule has 1 N–H and O–H groups in total. The van der Waals surface area contributed by atoms with E-state index in [1.807, 2.05) is 20.8 Å². The maximum absolute atomic E-state index is 15.1. The van der Waals surface area contributed by atoms with Crippen molar-refractivity contribution in [1.82, 2.24) is 10.2 Å². The van der Waals surface area contributed by atoms with Crippen LogP contribution in [0.2, 0.25) is 10.0 Å². The zero-order valence-electron chi connectivity index (χ0n) is 23.4. The van der Waals surface area contributed by atoms with Crippen molar-refractivity contribution >= 4 is 50.7 Å². The van der Waals surface area contributed by atoms with Gasteiger partial charge >= 0.3 is 0 Å². The third kappa shape index (κ3) is 7.78. The number of sulfonamides is 1. The van der Waals surface area contributed by atoms with Crippen LogP contribution in [0.1, 0.15) is 44.7 Å². The molecular weight excluding hydrogens is 588 g/mol. The second-order valence-electron chi connectivity index (χ2n) is 9.74. The summed E-state index contributed by atoms with van der Waals surface area (Å²) < 4.78 is 43.5. The van der Waals surface area contributed by atoms with E-state index in [-0.39, 0.29) is 39.6 Å². The van der Waals surface area contributed by atoms with Crippen molar-refractivity contribution in [1.29, 1.82) is 0 Å². The van der Waals surface area contributed by atoms with Crippen molar-refractivity contribution in [3.05, 3.63) is 93.7 Å². The number of rotatable bonds is 12. The first kappa shape index (κ1) is 32.4. The van der Waals surface area contributed by atoms with Crippen LogP contribution in [-0.4, -0.2) is 43.8 Å². The van der Waals surface area contributed by atoms with Gasteiger partial charge in [0.1, 0.15) is 18.4 Å². The number of aryl methyl sites for hydroxylation is 1. The number of hydrogen-bond donors (Lipinski definition) is 1. The van der Waals surface area contributed by atoms with E-state index in [2.05, 4.69) is 5.32 Å². The van der Waals surface area contributed by atoms with Gasteiger partial charge < -0.3 is 10.2 Å². The number of amides is 2. The standard InChI is InChI=1S/C30H34Cl2FN3O4S/c1-5-21(4)34-30(38)27(6-2)35(18-23-24(31)10-9-11-25(23)32)29(37)19-36(28-13-8-7-12-26(28)33)41(39,40)22-16-14-20(3)15-17-22/h7-17,21,27H,5-6,18-19H2,1-4H3,(H,34,38). The minimum Gasteiger partial charge on any atom is -0.352 e. The van der Waals surface area contributed by atoms with Crippen LogP contribution in [0.3, 0.4) is 0 Å². The predicted molar refractivity (Wildman–Crippen MR) is 161 cm³/mol. The quantitative estimate of drug-likeness (QED) is 0.255. The summed E-state index contributed by atoms with van der Waals surface area (Å²) in [7, 11) is -4.39. The normalized spacial score (nSPS) is 12.9. The lowest BCUT2D eigenvalue weighted by Crippen LogP contribution is -2.53. The Morgan fingerprint density at radius 3 is 2.10 bits per heavy atom. The molecule has 220 valence electrons. The molecule has 2 atom stereocenters. The largest absolute Gasteiger partial charge is 0.352 e. The van der Waals surface area contributed by atoms with Gasteiger partial charge in [0.15, 0.2) is 0 Å². The van der Waals surface area contributed by atoms with E-state index in [9.17, 15) is 18.0 Å². The minimum atomic E-state index is -4.39. The SMILES string of the molecule is CCC(C)NC(=O)C(CC)N(Cc1c(Cl)cccc1Cl)C(=O)CN(c1ccccc1F)S(=O)(=O)c1ccc(C)cc1. The molecule has 3 aromatic rings. The summed E-state index contributed by atoms with van der Waals surface area (Å²) in [6, 6.07) is 15.1. The van der Waals surface area contributed by atoms with E-state index in [1.165, 1.54) is 35.2 Å². The van der Waals surface area contributed by atoms with Crippen LogP contribution in [0, 0.1) is 12.7 Å². The zero-order valence-corrected chi connectivity index (χ0v) is 25.7. The Morgan fingerprint density at radius 2 is 1.54 bits per heavy atom. The van der Waals surface area contributed by atoms with Crippen molar-refractivity contribution in [2.24, 2.45) is 0 Å². The number of nitrogens with zero attached hydrogens (tertiary/aromatic N) is 2. The topological polar surface area (TPSA) is 86.8 Å². The van der Waals surface area contributed by atoms with Crippen molar-refractivity contribution in [3.8, 4) is 0 Å². The van der Waals surface area contributed by atoms with Gasteiger partial charge in [-0.05, 0) is 63.1 Å². The summed E-state index contributed by atoms with van der Waals surface area (Å²) in [6.07, 6.45) is 0.892. The lowest BCUT2D eigenvalue weighted by molar-refractivity contribution is -0.140. The van der Waals surface area contributed by atoms with Crippen LogP contribution in [0.25, 0.3) is 0 Å². The Labute approximate surface area is 251 Å². The van der Waals surface area contributed by atoms with E-state index in [0.29, 0.717) is 12.0 Å². The molecule has 7 nitrogen and oxygen atoms in total. The molecule has 0 heterocycles. The molecule has 0 fully saturated rings. The number of carbonyl (C=O) groups is 2. The first-order valence-electron chi connectivity index (χ1n) is 13.3. The third-order valence-corrected chi connectivity index (χ3v) is 9.27. The van der Waals surface area contributed by atoms with Crippen LogP contribution >= 0.6 is 23.2 Å². The highest BCUT2D eigenvalue weighted by molar-refractivity contribution is 7.92. The molecule has 41 heavy (non-hydrogen) atoms. The van der Waals surface area contributed by atoms with E-state index in [0.717, 1.165) is 15.9 Å². The molecule has 0 aliphatic rings. The first-order chi connectivity index (χ1) is 19.4. The van der Waals surface area contributed by atoms with Gasteiger partial charge in [0.05, 0.1) is 10.6 Å². The van der Waals surface area contributed by atoms with Gasteiger partial charge in [-0.3, -0.25) is 13.9 Å². The highest BCUT2D eigenvalue weighted by Crippen LogP contribution is 2.29. The number of hydrogen-bond acceptors (Lipinski definition) is 4. The molecular formula is C30H34Cl2FN3O4S. The average Bonchev–Trinajstić information content (AvgIpc) is 2.93. The van der Waals surface area contributed by atoms with Gasteiger partial charge in [-0.2, -0.15) is 0 Å². The van der Waals surface area contributed by atoms with E-state index < -0.39 is 40.2 Å². The maximum atomic E-state index is 15.1. The van der Waals surface area contributed by atoms with E-state index in [4.69, 9.17) is 23.2 Å². The van der Waals surface area contributed by atoms with Crippen LogP contribution < -0.4 is 9.62 Å². The van der Waals surface area contributed by atoms with Crippen LogP contribution in [0.5, 0.6) is 0 Å². The number of benzene rings is 3. The molecule has 11 heteroatoms. The molecule has 2 unspecified atom stereocenters. The van der Waals surface area contributed by atoms with Gasteiger partial charge in [0, 0.05) is 28.2 Å². The molecule has 0 radical (unpaired) electrons. The fourth-order valence-corrected chi connectivity index (χ4v) is 6.16. The van der Waals surface area contributed by atoms with Crippen LogP contribution in [-0.2, 0) is 26.2 Å². The lowest BCUT2D eigenvalue weighted by Gasteiger charge is -2.34. The highest BCUT2D eigenvalue weighted by atomic mass is 35.5. The van der Waals surface area contributed by atoms with Crippen molar-refractivity contribution in [2.75, 3.05) is 10.8 Å². The summed E-state index contributed by atoms with van der Waals surface area (Å²) in [5.41, 5.74) is 0.936. The summed E-state index contributed by atoms with van der Waals surface area (Å²) >= 11 is 12.8. The van der Waals surface area contributed by atoms with Gasteiger partial charge in [0.2, 0.25) is 11.8 Å². The Balaban J connectivity index is 2.11. The molecule has 0 aliphatic heterocycles. The zero-order chi connectivity index (χ0) is 30.3. The Morgan fingerprint density at radius 1 is 0.927 bits per heavy atom. The third-order valence-electron chi connectivity index (χ3n) is 6.79. The molecule has 0 saturated carbocycles. The van der Waals surface area contributed by atoms with Crippen molar-refractivity contribution < 1.29 is 22.4 Å². The molecule has 0 bridgehead atoms. The number of halogens is 3. The van der Waals surface area contributed by atoms with Crippen molar-refractivity contribution in [2.45, 2.75) is 64.1 Å². The Bertz CT molecular complexity index is 1470. The van der Waals surface area contributed by atoms with Crippen molar-refractivity contribution in [3.63, 3.8) is 0 Å². The van der Waals surface area contributed by atoms with E-state index >= 15 is 4.39 Å². The molecule has 3 aromatic carbocycles. The van der Waals surface area contributed by atoms with Gasteiger partial charge in [-0.15, -0.1) is 0 Å².